The summed E-state index contributed by atoms with van der Waals surface area (Å²) < 4.78 is 42.6. The molecule has 3 atom stereocenters. The predicted octanol–water partition coefficient (Wildman–Crippen LogP) is 2.66. The van der Waals surface area contributed by atoms with E-state index in [1.807, 2.05) is 38.1 Å². The van der Waals surface area contributed by atoms with Crippen molar-refractivity contribution in [2.45, 2.75) is 43.2 Å². The van der Waals surface area contributed by atoms with Gasteiger partial charge >= 0.3 is 0 Å². The third-order valence-corrected chi connectivity index (χ3v) is 8.06. The van der Waals surface area contributed by atoms with E-state index >= 15 is 0 Å². The molecule has 152 valence electrons. The van der Waals surface area contributed by atoms with Crippen LogP contribution in [0.1, 0.15) is 32.3 Å². The number of rotatable bonds is 2. The molecule has 9 heteroatoms. The summed E-state index contributed by atoms with van der Waals surface area (Å²) in [5, 5.41) is 10.0. The molecule has 0 saturated carbocycles. The Labute approximate surface area is 168 Å². The Morgan fingerprint density at radius 2 is 1.97 bits per heavy atom. The quantitative estimate of drug-likeness (QED) is 0.241. The summed E-state index contributed by atoms with van der Waals surface area (Å²) in [5.74, 6) is 0.602. The van der Waals surface area contributed by atoms with Gasteiger partial charge in [-0.2, -0.15) is 0 Å². The number of allylic oxidation sites excluding steroid dienone is 5. The minimum Gasteiger partial charge on any atom is -0.743 e. The molecule has 1 saturated heterocycles. The Morgan fingerprint density at radius 3 is 2.62 bits per heavy atom. The molecule has 2 spiro atoms. The molecule has 1 aromatic rings. The van der Waals surface area contributed by atoms with E-state index in [0.717, 1.165) is 11.3 Å². The van der Waals surface area contributed by atoms with Crippen molar-refractivity contribution in [2.75, 3.05) is 6.54 Å². The number of hydrogen-bond donors (Lipinski definition) is 0. The molecular formula is C20H20N2O6S. The average molecular weight is 416 g/mol. The summed E-state index contributed by atoms with van der Waals surface area (Å²) in [6.45, 7) is 4.13. The van der Waals surface area contributed by atoms with Crippen LogP contribution in [-0.2, 0) is 20.3 Å². The number of ether oxygens (including phenoxy) is 1. The number of benzene rings is 1. The third-order valence-electron chi connectivity index (χ3n) is 6.89. The fourth-order valence-corrected chi connectivity index (χ4v) is 6.55. The molecule has 1 aromatic carbocycles. The van der Waals surface area contributed by atoms with Crippen LogP contribution < -0.4 is 4.48 Å². The predicted molar refractivity (Wildman–Crippen MR) is 104 cm³/mol. The van der Waals surface area contributed by atoms with Crippen LogP contribution in [0.4, 0.5) is 5.69 Å². The van der Waals surface area contributed by atoms with Crippen LogP contribution in [0.5, 0.6) is 0 Å². The van der Waals surface area contributed by atoms with Gasteiger partial charge < -0.3 is 9.29 Å². The Morgan fingerprint density at radius 1 is 1.24 bits per heavy atom. The highest BCUT2D eigenvalue weighted by atomic mass is 32.2. The number of fused-ring (bicyclic) bond motifs is 3. The average Bonchev–Trinajstić information content (AvgIpc) is 3.42. The molecule has 0 amide bonds. The van der Waals surface area contributed by atoms with E-state index in [1.54, 1.807) is 12.2 Å². The van der Waals surface area contributed by atoms with Crippen LogP contribution in [0.2, 0.25) is 0 Å². The van der Waals surface area contributed by atoms with Gasteiger partial charge in [0.25, 0.3) is 5.72 Å². The molecule has 5 rings (SSSR count). The fraction of sp³-hybridized carbons (Fsp3) is 0.400. The number of nitro groups is 1. The van der Waals surface area contributed by atoms with Crippen LogP contribution >= 0.6 is 0 Å². The SMILES string of the molecule is CC1(C)c2ccccc2[N+]2(CC2S(=O)(=O)[O-])[C@@]12C=CC1=C(CCC([N+](=O)[O-])=C1)O2. The first-order valence-electron chi connectivity index (χ1n) is 9.44. The van der Waals surface area contributed by atoms with E-state index in [-0.39, 0.29) is 23.1 Å². The largest absolute Gasteiger partial charge is 0.743 e. The highest BCUT2D eigenvalue weighted by molar-refractivity contribution is 7.86. The molecule has 1 aliphatic carbocycles. The standard InChI is InChI=1S/C20H20N2O6S/c1-19(2)15-5-3-4-6-16(15)22(12-18(22)29(25,26)27)20(19)10-9-13-11-14(21(23)24)7-8-17(13)28-20/h3-6,9-11,18H,7-8,12H2,1-2H3/t18?,20-,22?/m1/s1. The zero-order chi connectivity index (χ0) is 20.8. The normalized spacial score (nSPS) is 33.9. The van der Waals surface area contributed by atoms with Crippen molar-refractivity contribution in [2.24, 2.45) is 0 Å². The van der Waals surface area contributed by atoms with Gasteiger partial charge in [-0.05, 0) is 26.0 Å². The van der Waals surface area contributed by atoms with E-state index in [1.165, 1.54) is 6.08 Å². The van der Waals surface area contributed by atoms with Gasteiger partial charge in [0.2, 0.25) is 11.1 Å². The lowest BCUT2D eigenvalue weighted by Crippen LogP contribution is -2.61. The smallest absolute Gasteiger partial charge is 0.278 e. The van der Waals surface area contributed by atoms with Gasteiger partial charge in [0.15, 0.2) is 16.7 Å². The van der Waals surface area contributed by atoms with E-state index in [2.05, 4.69) is 0 Å². The molecule has 29 heavy (non-hydrogen) atoms. The van der Waals surface area contributed by atoms with Crippen molar-refractivity contribution in [3.05, 3.63) is 75.2 Å². The lowest BCUT2D eigenvalue weighted by Gasteiger charge is -2.44. The van der Waals surface area contributed by atoms with Crippen molar-refractivity contribution in [1.29, 1.82) is 0 Å². The Kier molecular flexibility index (Phi) is 3.42. The molecule has 2 unspecified atom stereocenters. The molecule has 0 aromatic heterocycles. The van der Waals surface area contributed by atoms with Crippen LogP contribution in [-0.4, -0.2) is 35.5 Å². The molecule has 0 radical (unpaired) electrons. The molecular weight excluding hydrogens is 396 g/mol. The van der Waals surface area contributed by atoms with E-state index in [4.69, 9.17) is 4.74 Å². The summed E-state index contributed by atoms with van der Waals surface area (Å²) in [6.07, 6.45) is 5.69. The van der Waals surface area contributed by atoms with Crippen LogP contribution in [0.25, 0.3) is 0 Å². The topological polar surface area (TPSA) is 110 Å². The molecule has 0 N–H and O–H groups in total. The Bertz CT molecular complexity index is 1170. The third kappa shape index (κ3) is 2.12. The maximum absolute atomic E-state index is 12.1. The van der Waals surface area contributed by atoms with Crippen molar-refractivity contribution in [3.63, 3.8) is 0 Å². The lowest BCUT2D eigenvalue weighted by molar-refractivity contribution is -0.428. The maximum atomic E-state index is 12.1. The minimum atomic E-state index is -4.55. The van der Waals surface area contributed by atoms with Crippen molar-refractivity contribution >= 4 is 15.8 Å². The highest BCUT2D eigenvalue weighted by Gasteiger charge is 2.82. The summed E-state index contributed by atoms with van der Waals surface area (Å²) >= 11 is 0. The van der Waals surface area contributed by atoms with Gasteiger partial charge in [-0.1, -0.05) is 18.2 Å². The first-order chi connectivity index (χ1) is 13.5. The summed E-state index contributed by atoms with van der Waals surface area (Å²) in [4.78, 5) is 10.7. The zero-order valence-corrected chi connectivity index (χ0v) is 16.8. The second kappa shape index (κ2) is 5.35. The first-order valence-corrected chi connectivity index (χ1v) is 10.9. The van der Waals surface area contributed by atoms with Crippen molar-refractivity contribution in [1.82, 2.24) is 4.48 Å². The van der Waals surface area contributed by atoms with Crippen molar-refractivity contribution in [3.8, 4) is 0 Å². The van der Waals surface area contributed by atoms with Gasteiger partial charge in [-0.15, -0.1) is 0 Å². The molecule has 1 fully saturated rings. The highest BCUT2D eigenvalue weighted by Crippen LogP contribution is 2.66. The van der Waals surface area contributed by atoms with Gasteiger partial charge in [-0.3, -0.25) is 10.1 Å². The number of quaternary nitrogens is 1. The summed E-state index contributed by atoms with van der Waals surface area (Å²) in [5.41, 5.74) is 0.757. The Balaban J connectivity index is 1.70. The Hall–Kier alpha value is -2.49. The van der Waals surface area contributed by atoms with E-state index < -0.39 is 31.6 Å². The number of hydrogen-bond acceptors (Lipinski definition) is 6. The molecule has 0 bridgehead atoms. The van der Waals surface area contributed by atoms with Crippen LogP contribution in [0.3, 0.4) is 0 Å². The second-order valence-electron chi connectivity index (χ2n) is 8.54. The molecule has 8 nitrogen and oxygen atoms in total. The van der Waals surface area contributed by atoms with Gasteiger partial charge in [0, 0.05) is 36.1 Å². The van der Waals surface area contributed by atoms with E-state index in [0.29, 0.717) is 17.8 Å². The lowest BCUT2D eigenvalue weighted by atomic mass is 9.76. The molecule has 3 aliphatic heterocycles. The van der Waals surface area contributed by atoms with E-state index in [9.17, 15) is 23.1 Å². The second-order valence-corrected chi connectivity index (χ2v) is 10.1. The summed E-state index contributed by atoms with van der Waals surface area (Å²) in [6, 6.07) is 7.54. The summed E-state index contributed by atoms with van der Waals surface area (Å²) in [7, 11) is -4.55. The molecule has 4 aliphatic rings. The van der Waals surface area contributed by atoms with Crippen LogP contribution in [0, 0.1) is 10.1 Å². The number of nitrogens with zero attached hydrogens (tertiary/aromatic N) is 2. The fourth-order valence-electron chi connectivity index (χ4n) is 5.42. The number of para-hydroxylation sites is 1. The monoisotopic (exact) mass is 416 g/mol. The van der Waals surface area contributed by atoms with Gasteiger partial charge in [0.1, 0.15) is 11.4 Å². The minimum absolute atomic E-state index is 0.0822. The zero-order valence-electron chi connectivity index (χ0n) is 16.0. The van der Waals surface area contributed by atoms with Gasteiger partial charge in [0.05, 0.1) is 10.3 Å². The molecule has 3 heterocycles. The van der Waals surface area contributed by atoms with Crippen LogP contribution in [0.15, 0.2) is 59.5 Å². The van der Waals surface area contributed by atoms with Gasteiger partial charge in [-0.25, -0.2) is 12.9 Å². The van der Waals surface area contributed by atoms with Crippen molar-refractivity contribution < 1.29 is 22.6 Å². The first kappa shape index (κ1) is 18.5. The maximum Gasteiger partial charge on any atom is 0.278 e.